The summed E-state index contributed by atoms with van der Waals surface area (Å²) in [7, 11) is 0. The number of fused-ring (bicyclic) bond motifs is 3. The second-order valence-corrected chi connectivity index (χ2v) is 5.70. The van der Waals surface area contributed by atoms with Gasteiger partial charge >= 0.3 is 0 Å². The zero-order valence-corrected chi connectivity index (χ0v) is 12.3. The molecule has 2 N–H and O–H groups in total. The van der Waals surface area contributed by atoms with E-state index in [9.17, 15) is 19.8 Å². The van der Waals surface area contributed by atoms with Gasteiger partial charge in [0.25, 0.3) is 0 Å². The molecule has 0 radical (unpaired) electrons. The summed E-state index contributed by atoms with van der Waals surface area (Å²) < 4.78 is 0. The van der Waals surface area contributed by atoms with Gasteiger partial charge in [0.2, 0.25) is 0 Å². The molecule has 0 unspecified atom stereocenters. The van der Waals surface area contributed by atoms with Crippen molar-refractivity contribution in [1.82, 2.24) is 0 Å². The molecule has 0 atom stereocenters. The Morgan fingerprint density at radius 2 is 1.26 bits per heavy atom. The van der Waals surface area contributed by atoms with Crippen molar-refractivity contribution >= 4 is 22.3 Å². The highest BCUT2D eigenvalue weighted by molar-refractivity contribution is 6.32. The van der Waals surface area contributed by atoms with Crippen molar-refractivity contribution in [2.24, 2.45) is 0 Å². The molecule has 0 saturated heterocycles. The van der Waals surface area contributed by atoms with Gasteiger partial charge in [-0.1, -0.05) is 42.0 Å². The molecule has 1 aliphatic rings. The average molecular weight is 304 g/mol. The third-order valence-electron chi connectivity index (χ3n) is 4.28. The average Bonchev–Trinajstić information content (AvgIpc) is 2.56. The summed E-state index contributed by atoms with van der Waals surface area (Å²) in [5.74, 6) is -1.43. The summed E-state index contributed by atoms with van der Waals surface area (Å²) in [5.41, 5.74) is 1.11. The summed E-state index contributed by atoms with van der Waals surface area (Å²) in [4.78, 5) is 25.6. The summed E-state index contributed by atoms with van der Waals surface area (Å²) in [6.45, 7) is 1.82. The van der Waals surface area contributed by atoms with Crippen molar-refractivity contribution in [1.29, 1.82) is 0 Å². The number of aryl methyl sites for hydroxylation is 1. The Kier molecular flexibility index (Phi) is 2.60. The van der Waals surface area contributed by atoms with E-state index in [-0.39, 0.29) is 33.8 Å². The molecule has 3 aromatic rings. The van der Waals surface area contributed by atoms with Gasteiger partial charge in [-0.05, 0) is 13.0 Å². The van der Waals surface area contributed by atoms with Crippen LogP contribution in [0, 0.1) is 6.92 Å². The van der Waals surface area contributed by atoms with Crippen LogP contribution >= 0.6 is 0 Å². The Labute approximate surface area is 131 Å². The van der Waals surface area contributed by atoms with Crippen LogP contribution in [0.3, 0.4) is 0 Å². The van der Waals surface area contributed by atoms with Crippen LogP contribution in [-0.2, 0) is 0 Å². The molecule has 3 aromatic carbocycles. The smallest absolute Gasteiger partial charge is 0.198 e. The second kappa shape index (κ2) is 4.43. The molecule has 0 spiro atoms. The van der Waals surface area contributed by atoms with Crippen molar-refractivity contribution < 1.29 is 19.8 Å². The molecule has 0 aromatic heterocycles. The number of rotatable bonds is 0. The Morgan fingerprint density at radius 1 is 0.739 bits per heavy atom. The largest absolute Gasteiger partial charge is 0.506 e. The van der Waals surface area contributed by atoms with E-state index in [2.05, 4.69) is 0 Å². The number of carbonyl (C=O) groups is 2. The van der Waals surface area contributed by atoms with Crippen LogP contribution in [0.5, 0.6) is 11.5 Å². The minimum atomic E-state index is -0.451. The SMILES string of the molecule is Cc1ccc2c(c1)C(=O)c1c(c(O)c3ccccc3c1O)C2=O. The predicted molar refractivity (Wildman–Crippen MR) is 85.3 cm³/mol. The van der Waals surface area contributed by atoms with Crippen LogP contribution in [0.25, 0.3) is 10.8 Å². The van der Waals surface area contributed by atoms with Gasteiger partial charge in [-0.25, -0.2) is 0 Å². The van der Waals surface area contributed by atoms with E-state index in [4.69, 9.17) is 0 Å². The molecule has 0 amide bonds. The highest BCUT2D eigenvalue weighted by atomic mass is 16.3. The standard InChI is InChI=1S/C19H12O4/c1-9-6-7-12-13(8-9)19(23)15-14(18(12)22)16(20)10-4-2-3-5-11(10)17(15)21/h2-8,20-21H,1H3. The maximum atomic E-state index is 12.8. The maximum absolute atomic E-state index is 12.8. The van der Waals surface area contributed by atoms with E-state index >= 15 is 0 Å². The highest BCUT2D eigenvalue weighted by Crippen LogP contribution is 2.44. The number of ketones is 2. The zero-order valence-electron chi connectivity index (χ0n) is 12.3. The first-order valence-electron chi connectivity index (χ1n) is 7.17. The lowest BCUT2D eigenvalue weighted by atomic mass is 9.81. The summed E-state index contributed by atoms with van der Waals surface area (Å²) in [6.07, 6.45) is 0. The summed E-state index contributed by atoms with van der Waals surface area (Å²) in [5, 5.41) is 21.7. The monoisotopic (exact) mass is 304 g/mol. The summed E-state index contributed by atoms with van der Waals surface area (Å²) >= 11 is 0. The van der Waals surface area contributed by atoms with E-state index in [1.807, 2.05) is 6.92 Å². The van der Waals surface area contributed by atoms with Gasteiger partial charge in [0, 0.05) is 21.9 Å². The fourth-order valence-electron chi connectivity index (χ4n) is 3.16. The Hall–Kier alpha value is -3.14. The topological polar surface area (TPSA) is 74.6 Å². The number of phenolic OH excluding ortho intramolecular Hbond substituents is 2. The van der Waals surface area contributed by atoms with Crippen molar-refractivity contribution in [3.63, 3.8) is 0 Å². The molecule has 0 saturated carbocycles. The molecule has 0 bridgehead atoms. The fraction of sp³-hybridized carbons (Fsp3) is 0.0526. The first-order chi connectivity index (χ1) is 11.0. The number of aromatic hydroxyl groups is 2. The Morgan fingerprint density at radius 3 is 1.83 bits per heavy atom. The molecule has 0 aliphatic heterocycles. The third-order valence-corrected chi connectivity index (χ3v) is 4.28. The number of benzene rings is 3. The zero-order chi connectivity index (χ0) is 16.3. The van der Waals surface area contributed by atoms with E-state index < -0.39 is 11.6 Å². The lowest BCUT2D eigenvalue weighted by molar-refractivity contribution is 0.0974. The van der Waals surface area contributed by atoms with Crippen LogP contribution in [-0.4, -0.2) is 21.8 Å². The molecular formula is C19H12O4. The Bertz CT molecular complexity index is 1030. The van der Waals surface area contributed by atoms with E-state index in [0.29, 0.717) is 10.8 Å². The van der Waals surface area contributed by atoms with Gasteiger partial charge in [-0.15, -0.1) is 0 Å². The molecular weight excluding hydrogens is 292 g/mol. The fourth-order valence-corrected chi connectivity index (χ4v) is 3.16. The van der Waals surface area contributed by atoms with Gasteiger partial charge in [0.15, 0.2) is 11.6 Å². The van der Waals surface area contributed by atoms with Crippen LogP contribution in [0.1, 0.15) is 37.4 Å². The van der Waals surface area contributed by atoms with Crippen LogP contribution < -0.4 is 0 Å². The van der Waals surface area contributed by atoms with Crippen molar-refractivity contribution in [3.05, 3.63) is 70.3 Å². The van der Waals surface area contributed by atoms with Gasteiger partial charge in [0.05, 0.1) is 11.1 Å². The van der Waals surface area contributed by atoms with Gasteiger partial charge < -0.3 is 10.2 Å². The van der Waals surface area contributed by atoms with Gasteiger partial charge in [-0.2, -0.15) is 0 Å². The first-order valence-corrected chi connectivity index (χ1v) is 7.17. The van der Waals surface area contributed by atoms with E-state index in [1.54, 1.807) is 42.5 Å². The van der Waals surface area contributed by atoms with Crippen LogP contribution in [0.15, 0.2) is 42.5 Å². The minimum absolute atomic E-state index is 0.121. The molecule has 112 valence electrons. The predicted octanol–water partition coefficient (Wildman–Crippen LogP) is 3.33. The molecule has 4 nitrogen and oxygen atoms in total. The van der Waals surface area contributed by atoms with Crippen LogP contribution in [0.2, 0.25) is 0 Å². The van der Waals surface area contributed by atoms with Crippen molar-refractivity contribution in [3.8, 4) is 11.5 Å². The molecule has 0 fully saturated rings. The lowest BCUT2D eigenvalue weighted by Crippen LogP contribution is -2.21. The van der Waals surface area contributed by atoms with Gasteiger partial charge in [0.1, 0.15) is 11.5 Å². The van der Waals surface area contributed by atoms with Gasteiger partial charge in [-0.3, -0.25) is 9.59 Å². The molecule has 0 heterocycles. The van der Waals surface area contributed by atoms with E-state index in [0.717, 1.165) is 5.56 Å². The molecule has 1 aliphatic carbocycles. The number of hydrogen-bond donors (Lipinski definition) is 2. The minimum Gasteiger partial charge on any atom is -0.506 e. The highest BCUT2D eigenvalue weighted by Gasteiger charge is 2.36. The molecule has 4 rings (SSSR count). The quantitative estimate of drug-likeness (QED) is 0.489. The lowest BCUT2D eigenvalue weighted by Gasteiger charge is -2.21. The molecule has 23 heavy (non-hydrogen) atoms. The van der Waals surface area contributed by atoms with Crippen LogP contribution in [0.4, 0.5) is 0 Å². The van der Waals surface area contributed by atoms with Crippen molar-refractivity contribution in [2.75, 3.05) is 0 Å². The Balaban J connectivity index is 2.17. The van der Waals surface area contributed by atoms with Crippen molar-refractivity contribution in [2.45, 2.75) is 6.92 Å². The number of phenols is 2. The second-order valence-electron chi connectivity index (χ2n) is 5.70. The normalized spacial score (nSPS) is 13.1. The summed E-state index contributed by atoms with van der Waals surface area (Å²) in [6, 6.07) is 11.6. The number of hydrogen-bond acceptors (Lipinski definition) is 4. The third kappa shape index (κ3) is 1.66. The first kappa shape index (κ1) is 13.5. The number of carbonyl (C=O) groups excluding carboxylic acids is 2. The maximum Gasteiger partial charge on any atom is 0.198 e. The van der Waals surface area contributed by atoms with E-state index in [1.165, 1.54) is 0 Å². The molecule has 4 heteroatoms.